The van der Waals surface area contributed by atoms with E-state index in [0.717, 1.165) is 30.0 Å². The molecule has 118 valence electrons. The first-order chi connectivity index (χ1) is 10.6. The van der Waals surface area contributed by atoms with Gasteiger partial charge in [-0.15, -0.1) is 11.3 Å². The molecule has 1 heterocycles. The highest BCUT2D eigenvalue weighted by molar-refractivity contribution is 7.13. The van der Waals surface area contributed by atoms with Gasteiger partial charge in [0.05, 0.1) is 17.3 Å². The molecule has 1 N–H and O–H groups in total. The number of benzene rings is 1. The number of aryl methyl sites for hydroxylation is 3. The van der Waals surface area contributed by atoms with Crippen molar-refractivity contribution in [3.8, 4) is 5.75 Å². The second-order valence-corrected chi connectivity index (χ2v) is 6.08. The van der Waals surface area contributed by atoms with Crippen molar-refractivity contribution in [3.63, 3.8) is 0 Å². The van der Waals surface area contributed by atoms with Gasteiger partial charge in [-0.05, 0) is 37.0 Å². The monoisotopic (exact) mass is 319 g/mol. The van der Waals surface area contributed by atoms with Crippen LogP contribution >= 0.6 is 11.3 Å². The molecule has 2 aromatic rings. The van der Waals surface area contributed by atoms with Gasteiger partial charge in [-0.25, -0.2) is 9.78 Å². The molecule has 4 nitrogen and oxygen atoms in total. The summed E-state index contributed by atoms with van der Waals surface area (Å²) in [4.78, 5) is 15.9. The molecule has 1 aromatic carbocycles. The van der Waals surface area contributed by atoms with Crippen molar-refractivity contribution in [1.29, 1.82) is 0 Å². The van der Waals surface area contributed by atoms with Crippen LogP contribution < -0.4 is 4.74 Å². The Bertz CT molecular complexity index is 619. The standard InChI is InChI=1S/C17H21NO3S/c1-3-12-7-9-13(10-8-12)21-11-5-6-15-18-14(4-2)16(22-15)17(19)20/h7-10H,3-6,11H2,1-2H3,(H,19,20). The van der Waals surface area contributed by atoms with Gasteiger partial charge in [-0.2, -0.15) is 0 Å². The number of hydrogen-bond donors (Lipinski definition) is 1. The van der Waals surface area contributed by atoms with Crippen LogP contribution in [0.5, 0.6) is 5.75 Å². The normalized spacial score (nSPS) is 10.6. The van der Waals surface area contributed by atoms with Crippen LogP contribution in [0.15, 0.2) is 24.3 Å². The summed E-state index contributed by atoms with van der Waals surface area (Å²) >= 11 is 1.28. The molecule has 0 amide bonds. The number of nitrogens with zero attached hydrogens (tertiary/aromatic N) is 1. The lowest BCUT2D eigenvalue weighted by molar-refractivity contribution is 0.0701. The third-order valence-electron chi connectivity index (χ3n) is 3.41. The SMILES string of the molecule is CCc1ccc(OCCCc2nc(CC)c(C(=O)O)s2)cc1. The highest BCUT2D eigenvalue weighted by atomic mass is 32.1. The molecule has 2 rings (SSSR count). The van der Waals surface area contributed by atoms with Gasteiger partial charge < -0.3 is 9.84 Å². The average Bonchev–Trinajstić information content (AvgIpc) is 2.96. The fraction of sp³-hybridized carbons (Fsp3) is 0.412. The molecule has 0 bridgehead atoms. The summed E-state index contributed by atoms with van der Waals surface area (Å²) < 4.78 is 5.70. The number of ether oxygens (including phenoxy) is 1. The molecule has 0 aliphatic heterocycles. The highest BCUT2D eigenvalue weighted by Gasteiger charge is 2.15. The Balaban J connectivity index is 1.82. The molecule has 0 unspecified atom stereocenters. The fourth-order valence-electron chi connectivity index (χ4n) is 2.15. The Morgan fingerprint density at radius 3 is 2.50 bits per heavy atom. The molecule has 0 saturated carbocycles. The largest absolute Gasteiger partial charge is 0.494 e. The number of carboxylic acid groups (broad SMARTS) is 1. The van der Waals surface area contributed by atoms with Gasteiger partial charge in [0.1, 0.15) is 10.6 Å². The second-order valence-electron chi connectivity index (χ2n) is 4.99. The van der Waals surface area contributed by atoms with Crippen LogP contribution in [0.3, 0.4) is 0 Å². The Morgan fingerprint density at radius 1 is 1.23 bits per heavy atom. The quantitative estimate of drug-likeness (QED) is 0.748. The summed E-state index contributed by atoms with van der Waals surface area (Å²) in [5.74, 6) is -0.00956. The van der Waals surface area contributed by atoms with Crippen molar-refractivity contribution in [2.45, 2.75) is 39.5 Å². The predicted molar refractivity (Wildman–Crippen MR) is 88.1 cm³/mol. The van der Waals surface area contributed by atoms with Gasteiger partial charge in [-0.3, -0.25) is 0 Å². The molecule has 5 heteroatoms. The number of carboxylic acids is 1. The second kappa shape index (κ2) is 7.94. The third-order valence-corrected chi connectivity index (χ3v) is 4.55. The summed E-state index contributed by atoms with van der Waals surface area (Å²) in [7, 11) is 0. The third kappa shape index (κ3) is 4.31. The van der Waals surface area contributed by atoms with Crippen molar-refractivity contribution in [1.82, 2.24) is 4.98 Å². The van der Waals surface area contributed by atoms with Crippen LogP contribution in [0.1, 0.15) is 46.2 Å². The first kappa shape index (κ1) is 16.5. The van der Waals surface area contributed by atoms with E-state index in [2.05, 4.69) is 24.0 Å². The van der Waals surface area contributed by atoms with E-state index < -0.39 is 5.97 Å². The number of aromatic carboxylic acids is 1. The maximum Gasteiger partial charge on any atom is 0.347 e. The maximum absolute atomic E-state index is 11.1. The van der Waals surface area contributed by atoms with E-state index in [0.29, 0.717) is 23.6 Å². The molecular formula is C17H21NO3S. The van der Waals surface area contributed by atoms with Crippen LogP contribution in [0.2, 0.25) is 0 Å². The molecule has 1 aromatic heterocycles. The fourth-order valence-corrected chi connectivity index (χ4v) is 3.18. The lowest BCUT2D eigenvalue weighted by Gasteiger charge is -2.06. The molecule has 0 radical (unpaired) electrons. The van der Waals surface area contributed by atoms with Gasteiger partial charge in [0.2, 0.25) is 0 Å². The van der Waals surface area contributed by atoms with Gasteiger partial charge in [-0.1, -0.05) is 26.0 Å². The first-order valence-electron chi connectivity index (χ1n) is 7.57. The molecule has 0 aliphatic rings. The minimum atomic E-state index is -0.882. The summed E-state index contributed by atoms with van der Waals surface area (Å²) in [5, 5.41) is 9.99. The van der Waals surface area contributed by atoms with Gasteiger partial charge >= 0.3 is 5.97 Å². The van der Waals surface area contributed by atoms with Crippen LogP contribution in [0.25, 0.3) is 0 Å². The van der Waals surface area contributed by atoms with E-state index >= 15 is 0 Å². The van der Waals surface area contributed by atoms with Crippen molar-refractivity contribution in [2.75, 3.05) is 6.61 Å². The number of hydrogen-bond acceptors (Lipinski definition) is 4. The smallest absolute Gasteiger partial charge is 0.347 e. The summed E-state index contributed by atoms with van der Waals surface area (Å²) in [6, 6.07) is 8.12. The lowest BCUT2D eigenvalue weighted by atomic mass is 10.2. The Hall–Kier alpha value is -1.88. The molecular weight excluding hydrogens is 298 g/mol. The minimum Gasteiger partial charge on any atom is -0.494 e. The predicted octanol–water partition coefficient (Wildman–Crippen LogP) is 3.98. The van der Waals surface area contributed by atoms with Crippen LogP contribution in [-0.4, -0.2) is 22.7 Å². The van der Waals surface area contributed by atoms with E-state index in [1.807, 2.05) is 19.1 Å². The number of thiazole rings is 1. The Labute approximate surface area is 134 Å². The van der Waals surface area contributed by atoms with Crippen LogP contribution in [0, 0.1) is 0 Å². The number of carbonyl (C=O) groups is 1. The molecule has 0 aliphatic carbocycles. The van der Waals surface area contributed by atoms with Gasteiger partial charge in [0, 0.05) is 6.42 Å². The van der Waals surface area contributed by atoms with E-state index in [1.54, 1.807) is 0 Å². The molecule has 0 atom stereocenters. The highest BCUT2D eigenvalue weighted by Crippen LogP contribution is 2.21. The topological polar surface area (TPSA) is 59.4 Å². The Morgan fingerprint density at radius 2 is 1.95 bits per heavy atom. The number of aromatic nitrogens is 1. The van der Waals surface area contributed by atoms with E-state index in [4.69, 9.17) is 9.84 Å². The summed E-state index contributed by atoms with van der Waals surface area (Å²) in [6.07, 6.45) is 3.25. The van der Waals surface area contributed by atoms with Crippen molar-refractivity contribution in [3.05, 3.63) is 45.4 Å². The maximum atomic E-state index is 11.1. The van der Waals surface area contributed by atoms with Crippen molar-refractivity contribution < 1.29 is 14.6 Å². The van der Waals surface area contributed by atoms with Gasteiger partial charge in [0.25, 0.3) is 0 Å². The van der Waals surface area contributed by atoms with Crippen LogP contribution in [-0.2, 0) is 19.3 Å². The van der Waals surface area contributed by atoms with E-state index in [1.165, 1.54) is 16.9 Å². The summed E-state index contributed by atoms with van der Waals surface area (Å²) in [5.41, 5.74) is 1.98. The summed E-state index contributed by atoms with van der Waals surface area (Å²) in [6.45, 7) is 4.66. The van der Waals surface area contributed by atoms with E-state index in [-0.39, 0.29) is 0 Å². The first-order valence-corrected chi connectivity index (χ1v) is 8.39. The minimum absolute atomic E-state index is 0.369. The average molecular weight is 319 g/mol. The molecule has 0 spiro atoms. The zero-order chi connectivity index (χ0) is 15.9. The molecule has 0 saturated heterocycles. The molecule has 22 heavy (non-hydrogen) atoms. The zero-order valence-electron chi connectivity index (χ0n) is 13.0. The van der Waals surface area contributed by atoms with Crippen molar-refractivity contribution >= 4 is 17.3 Å². The molecule has 0 fully saturated rings. The lowest BCUT2D eigenvalue weighted by Crippen LogP contribution is -1.99. The van der Waals surface area contributed by atoms with Gasteiger partial charge in [0.15, 0.2) is 0 Å². The van der Waals surface area contributed by atoms with Crippen molar-refractivity contribution in [2.24, 2.45) is 0 Å². The van der Waals surface area contributed by atoms with Crippen LogP contribution in [0.4, 0.5) is 0 Å². The number of rotatable bonds is 8. The Kier molecular flexibility index (Phi) is 5.95. The zero-order valence-corrected chi connectivity index (χ0v) is 13.8. The van der Waals surface area contributed by atoms with E-state index in [9.17, 15) is 4.79 Å².